The molecule has 3 nitrogen and oxygen atoms in total. The summed E-state index contributed by atoms with van der Waals surface area (Å²) in [6.45, 7) is 0.446. The van der Waals surface area contributed by atoms with Crippen LogP contribution >= 0.6 is 11.6 Å². The molecule has 1 fully saturated rings. The van der Waals surface area contributed by atoms with Gasteiger partial charge in [0.05, 0.1) is 5.56 Å². The van der Waals surface area contributed by atoms with Gasteiger partial charge in [-0.3, -0.25) is 4.79 Å². The SMILES string of the molecule is O=C(c1ccc(F)cc1O)N(CCCl)C1CCCCC1. The van der Waals surface area contributed by atoms with E-state index in [-0.39, 0.29) is 23.3 Å². The number of hydrogen-bond donors (Lipinski definition) is 1. The second kappa shape index (κ2) is 6.93. The largest absolute Gasteiger partial charge is 0.507 e. The Bertz CT molecular complexity index is 475. The lowest BCUT2D eigenvalue weighted by atomic mass is 9.93. The third kappa shape index (κ3) is 3.42. The van der Waals surface area contributed by atoms with Crippen molar-refractivity contribution in [2.45, 2.75) is 38.1 Å². The Kier molecular flexibility index (Phi) is 5.24. The molecule has 0 saturated heterocycles. The Morgan fingerprint density at radius 1 is 1.35 bits per heavy atom. The molecule has 0 atom stereocenters. The van der Waals surface area contributed by atoms with Crippen LogP contribution in [-0.4, -0.2) is 34.4 Å². The fraction of sp³-hybridized carbons (Fsp3) is 0.533. The first-order chi connectivity index (χ1) is 9.63. The first kappa shape index (κ1) is 15.1. The fourth-order valence-corrected chi connectivity index (χ4v) is 2.96. The van der Waals surface area contributed by atoms with Crippen molar-refractivity contribution in [2.24, 2.45) is 0 Å². The number of phenols is 1. The van der Waals surface area contributed by atoms with Crippen LogP contribution in [0.2, 0.25) is 0 Å². The van der Waals surface area contributed by atoms with Gasteiger partial charge in [-0.1, -0.05) is 19.3 Å². The molecule has 0 bridgehead atoms. The third-order valence-corrected chi connectivity index (χ3v) is 3.96. The minimum Gasteiger partial charge on any atom is -0.507 e. The maximum atomic E-state index is 13.0. The zero-order valence-electron chi connectivity index (χ0n) is 11.3. The molecule has 0 aliphatic heterocycles. The summed E-state index contributed by atoms with van der Waals surface area (Å²) in [5.74, 6) is -0.787. The van der Waals surface area contributed by atoms with E-state index in [1.54, 1.807) is 4.90 Å². The van der Waals surface area contributed by atoms with Crippen LogP contribution in [-0.2, 0) is 0 Å². The van der Waals surface area contributed by atoms with Crippen LogP contribution < -0.4 is 0 Å². The van der Waals surface area contributed by atoms with Crippen LogP contribution in [0.5, 0.6) is 5.75 Å². The Morgan fingerprint density at radius 3 is 2.65 bits per heavy atom. The van der Waals surface area contributed by atoms with Gasteiger partial charge in [-0.2, -0.15) is 0 Å². The van der Waals surface area contributed by atoms with E-state index in [1.807, 2.05) is 0 Å². The summed E-state index contributed by atoms with van der Waals surface area (Å²) < 4.78 is 13.0. The van der Waals surface area contributed by atoms with Gasteiger partial charge in [0, 0.05) is 24.5 Å². The molecule has 1 aromatic carbocycles. The molecule has 2 rings (SSSR count). The highest BCUT2D eigenvalue weighted by Crippen LogP contribution is 2.26. The van der Waals surface area contributed by atoms with Gasteiger partial charge < -0.3 is 10.0 Å². The second-order valence-electron chi connectivity index (χ2n) is 5.14. The van der Waals surface area contributed by atoms with E-state index in [0.717, 1.165) is 31.7 Å². The average Bonchev–Trinajstić information content (AvgIpc) is 2.45. The van der Waals surface area contributed by atoms with Crippen molar-refractivity contribution in [3.63, 3.8) is 0 Å². The molecule has 20 heavy (non-hydrogen) atoms. The van der Waals surface area contributed by atoms with Crippen molar-refractivity contribution in [1.29, 1.82) is 0 Å². The van der Waals surface area contributed by atoms with E-state index in [4.69, 9.17) is 11.6 Å². The molecule has 0 aromatic heterocycles. The number of carbonyl (C=O) groups is 1. The van der Waals surface area contributed by atoms with Crippen molar-refractivity contribution in [1.82, 2.24) is 4.90 Å². The fourth-order valence-electron chi connectivity index (χ4n) is 2.77. The smallest absolute Gasteiger partial charge is 0.257 e. The van der Waals surface area contributed by atoms with Crippen molar-refractivity contribution < 1.29 is 14.3 Å². The van der Waals surface area contributed by atoms with Crippen LogP contribution in [0.15, 0.2) is 18.2 Å². The summed E-state index contributed by atoms with van der Waals surface area (Å²) in [7, 11) is 0. The number of rotatable bonds is 4. The lowest BCUT2D eigenvalue weighted by molar-refractivity contribution is 0.0646. The lowest BCUT2D eigenvalue weighted by Gasteiger charge is -2.34. The molecule has 1 aliphatic carbocycles. The predicted molar refractivity (Wildman–Crippen MR) is 76.7 cm³/mol. The highest BCUT2D eigenvalue weighted by Gasteiger charge is 2.27. The summed E-state index contributed by atoms with van der Waals surface area (Å²) in [6.07, 6.45) is 5.33. The van der Waals surface area contributed by atoms with Gasteiger partial charge >= 0.3 is 0 Å². The molecule has 1 aromatic rings. The predicted octanol–water partition coefficient (Wildman–Crippen LogP) is 3.55. The molecule has 0 unspecified atom stereocenters. The highest BCUT2D eigenvalue weighted by atomic mass is 35.5. The number of benzene rings is 1. The van der Waals surface area contributed by atoms with E-state index in [0.29, 0.717) is 12.4 Å². The standard InChI is InChI=1S/C15H19ClFNO2/c16-8-9-18(12-4-2-1-3-5-12)15(20)13-7-6-11(17)10-14(13)19/h6-7,10,12,19H,1-5,8-9H2. The first-order valence-electron chi connectivity index (χ1n) is 6.99. The molecule has 0 radical (unpaired) electrons. The first-order valence-corrected chi connectivity index (χ1v) is 7.52. The van der Waals surface area contributed by atoms with Gasteiger partial charge in [0.25, 0.3) is 5.91 Å². The molecule has 5 heteroatoms. The molecular weight excluding hydrogens is 281 g/mol. The highest BCUT2D eigenvalue weighted by molar-refractivity contribution is 6.18. The van der Waals surface area contributed by atoms with Crippen LogP contribution in [0, 0.1) is 5.82 Å². The van der Waals surface area contributed by atoms with Crippen LogP contribution in [0.4, 0.5) is 4.39 Å². The van der Waals surface area contributed by atoms with Gasteiger partial charge in [-0.25, -0.2) is 4.39 Å². The Hall–Kier alpha value is -1.29. The zero-order valence-corrected chi connectivity index (χ0v) is 12.1. The van der Waals surface area contributed by atoms with E-state index in [9.17, 15) is 14.3 Å². The van der Waals surface area contributed by atoms with E-state index < -0.39 is 5.82 Å². The van der Waals surface area contributed by atoms with Crippen LogP contribution in [0.3, 0.4) is 0 Å². The monoisotopic (exact) mass is 299 g/mol. The molecule has 0 heterocycles. The molecule has 0 spiro atoms. The number of nitrogens with zero attached hydrogens (tertiary/aromatic N) is 1. The zero-order chi connectivity index (χ0) is 14.5. The number of aromatic hydroxyl groups is 1. The minimum atomic E-state index is -0.555. The van der Waals surface area contributed by atoms with E-state index in [2.05, 4.69) is 0 Å². The minimum absolute atomic E-state index is 0.141. The summed E-state index contributed by atoms with van der Waals surface area (Å²) >= 11 is 5.80. The molecular formula is C15H19ClFNO2. The molecule has 1 saturated carbocycles. The summed E-state index contributed by atoms with van der Waals surface area (Å²) in [5.41, 5.74) is 0.141. The maximum absolute atomic E-state index is 13.0. The number of phenolic OH excluding ortho intramolecular Hbond substituents is 1. The van der Waals surface area contributed by atoms with Gasteiger partial charge in [-0.15, -0.1) is 11.6 Å². The van der Waals surface area contributed by atoms with E-state index in [1.165, 1.54) is 18.6 Å². The summed E-state index contributed by atoms with van der Waals surface area (Å²) in [6, 6.07) is 3.65. The molecule has 1 amide bonds. The lowest BCUT2D eigenvalue weighted by Crippen LogP contribution is -2.42. The normalized spacial score (nSPS) is 16.1. The summed E-state index contributed by atoms with van der Waals surface area (Å²) in [4.78, 5) is 14.3. The van der Waals surface area contributed by atoms with E-state index >= 15 is 0 Å². The Labute approximate surface area is 123 Å². The molecule has 1 N–H and O–H groups in total. The average molecular weight is 300 g/mol. The molecule has 1 aliphatic rings. The van der Waals surface area contributed by atoms with Gasteiger partial charge in [-0.05, 0) is 25.0 Å². The van der Waals surface area contributed by atoms with Gasteiger partial charge in [0.1, 0.15) is 11.6 Å². The number of hydrogen-bond acceptors (Lipinski definition) is 2. The van der Waals surface area contributed by atoms with Gasteiger partial charge in [0.2, 0.25) is 0 Å². The number of halogens is 2. The Morgan fingerprint density at radius 2 is 2.05 bits per heavy atom. The summed E-state index contributed by atoms with van der Waals surface area (Å²) in [5, 5.41) is 9.76. The number of carbonyl (C=O) groups excluding carboxylic acids is 1. The van der Waals surface area contributed by atoms with Crippen molar-refractivity contribution in [2.75, 3.05) is 12.4 Å². The van der Waals surface area contributed by atoms with Crippen molar-refractivity contribution >= 4 is 17.5 Å². The van der Waals surface area contributed by atoms with Crippen LogP contribution in [0.1, 0.15) is 42.5 Å². The second-order valence-corrected chi connectivity index (χ2v) is 5.52. The number of amides is 1. The third-order valence-electron chi connectivity index (χ3n) is 3.79. The topological polar surface area (TPSA) is 40.5 Å². The van der Waals surface area contributed by atoms with Crippen LogP contribution in [0.25, 0.3) is 0 Å². The maximum Gasteiger partial charge on any atom is 0.257 e. The number of alkyl halides is 1. The van der Waals surface area contributed by atoms with Gasteiger partial charge in [0.15, 0.2) is 0 Å². The van der Waals surface area contributed by atoms with Crippen molar-refractivity contribution in [3.05, 3.63) is 29.6 Å². The quantitative estimate of drug-likeness (QED) is 0.864. The molecule has 110 valence electrons. The Balaban J connectivity index is 2.21. The van der Waals surface area contributed by atoms with Crippen molar-refractivity contribution in [3.8, 4) is 5.75 Å².